The second kappa shape index (κ2) is 13.4. The van der Waals surface area contributed by atoms with Crippen molar-refractivity contribution in [3.05, 3.63) is 0 Å². The molecule has 0 aromatic carbocycles. The molecular weight excluding hydrogens is 354 g/mol. The summed E-state index contributed by atoms with van der Waals surface area (Å²) in [7, 11) is 2.21. The summed E-state index contributed by atoms with van der Waals surface area (Å²) in [5.74, 6) is 1.52. The standard InChI is InChI=1S/C21H43N5O2/c1-5-22-21(23-9-7-14-27-17-19-8-6-15-28-19)24-16-20(18(2)3)26-12-10-25(4)11-13-26/h18-20H,5-17H2,1-4H3,(H2,22,23,24). The van der Waals surface area contributed by atoms with Crippen molar-refractivity contribution in [1.29, 1.82) is 0 Å². The van der Waals surface area contributed by atoms with Gasteiger partial charge < -0.3 is 25.0 Å². The number of guanidine groups is 1. The van der Waals surface area contributed by atoms with Gasteiger partial charge in [0, 0.05) is 58.5 Å². The molecule has 164 valence electrons. The number of ether oxygens (including phenoxy) is 2. The molecule has 0 radical (unpaired) electrons. The first kappa shape index (κ1) is 23.4. The van der Waals surface area contributed by atoms with Gasteiger partial charge in [-0.25, -0.2) is 0 Å². The molecule has 2 heterocycles. The monoisotopic (exact) mass is 397 g/mol. The number of aliphatic imine (C=N–C) groups is 1. The van der Waals surface area contributed by atoms with Crippen molar-refractivity contribution < 1.29 is 9.47 Å². The molecule has 2 aliphatic rings. The molecule has 2 fully saturated rings. The Hall–Kier alpha value is -0.890. The van der Waals surface area contributed by atoms with Crippen LogP contribution in [0.25, 0.3) is 0 Å². The van der Waals surface area contributed by atoms with Crippen molar-refractivity contribution in [2.24, 2.45) is 10.9 Å². The van der Waals surface area contributed by atoms with E-state index in [9.17, 15) is 0 Å². The maximum absolute atomic E-state index is 5.74. The lowest BCUT2D eigenvalue weighted by Gasteiger charge is -2.39. The average molecular weight is 398 g/mol. The summed E-state index contributed by atoms with van der Waals surface area (Å²) in [6.07, 6.45) is 3.60. The molecule has 2 rings (SSSR count). The van der Waals surface area contributed by atoms with E-state index in [1.165, 1.54) is 6.42 Å². The first-order valence-corrected chi connectivity index (χ1v) is 11.2. The zero-order valence-electron chi connectivity index (χ0n) is 18.6. The van der Waals surface area contributed by atoms with Gasteiger partial charge in [-0.3, -0.25) is 9.89 Å². The van der Waals surface area contributed by atoms with E-state index in [1.54, 1.807) is 0 Å². The normalized spacial score (nSPS) is 23.3. The Kier molecular flexibility index (Phi) is 11.2. The molecule has 0 aromatic heterocycles. The van der Waals surface area contributed by atoms with Gasteiger partial charge in [0.05, 0.1) is 19.3 Å². The number of rotatable bonds is 11. The summed E-state index contributed by atoms with van der Waals surface area (Å²) < 4.78 is 11.3. The summed E-state index contributed by atoms with van der Waals surface area (Å²) >= 11 is 0. The summed E-state index contributed by atoms with van der Waals surface area (Å²) in [6.45, 7) is 16.3. The van der Waals surface area contributed by atoms with E-state index in [1.807, 2.05) is 0 Å². The summed E-state index contributed by atoms with van der Waals surface area (Å²) in [5, 5.41) is 6.83. The molecule has 0 aromatic rings. The van der Waals surface area contributed by atoms with Crippen molar-refractivity contribution in [2.75, 3.05) is 72.7 Å². The Morgan fingerprint density at radius 1 is 1.21 bits per heavy atom. The fourth-order valence-corrected chi connectivity index (χ4v) is 3.80. The molecule has 2 atom stereocenters. The molecule has 7 heteroatoms. The van der Waals surface area contributed by atoms with Crippen molar-refractivity contribution >= 4 is 5.96 Å². The van der Waals surface area contributed by atoms with Crippen molar-refractivity contribution in [1.82, 2.24) is 20.4 Å². The van der Waals surface area contributed by atoms with E-state index in [4.69, 9.17) is 14.5 Å². The zero-order valence-corrected chi connectivity index (χ0v) is 18.6. The van der Waals surface area contributed by atoms with E-state index in [0.29, 0.717) is 18.1 Å². The number of nitrogens with one attached hydrogen (secondary N) is 2. The van der Waals surface area contributed by atoms with Gasteiger partial charge in [0.1, 0.15) is 0 Å². The van der Waals surface area contributed by atoms with Crippen LogP contribution in [-0.4, -0.2) is 101 Å². The molecule has 0 aliphatic carbocycles. The first-order valence-electron chi connectivity index (χ1n) is 11.2. The lowest BCUT2D eigenvalue weighted by molar-refractivity contribution is 0.0168. The van der Waals surface area contributed by atoms with Gasteiger partial charge in [0.25, 0.3) is 0 Å². The van der Waals surface area contributed by atoms with E-state index in [2.05, 4.69) is 48.3 Å². The molecule has 2 unspecified atom stereocenters. The number of likely N-dealkylation sites (N-methyl/N-ethyl adjacent to an activating group) is 1. The lowest BCUT2D eigenvalue weighted by atomic mass is 10.0. The van der Waals surface area contributed by atoms with Gasteiger partial charge >= 0.3 is 0 Å². The van der Waals surface area contributed by atoms with Gasteiger partial charge in [-0.05, 0) is 39.2 Å². The van der Waals surface area contributed by atoms with Crippen LogP contribution < -0.4 is 10.6 Å². The highest BCUT2D eigenvalue weighted by molar-refractivity contribution is 5.79. The van der Waals surface area contributed by atoms with Crippen LogP contribution in [0.3, 0.4) is 0 Å². The Morgan fingerprint density at radius 3 is 2.64 bits per heavy atom. The van der Waals surface area contributed by atoms with E-state index in [-0.39, 0.29) is 0 Å². The van der Waals surface area contributed by atoms with Crippen LogP contribution in [0, 0.1) is 5.92 Å². The van der Waals surface area contributed by atoms with Crippen molar-refractivity contribution in [3.63, 3.8) is 0 Å². The first-order chi connectivity index (χ1) is 13.6. The smallest absolute Gasteiger partial charge is 0.191 e. The topological polar surface area (TPSA) is 61.4 Å². The van der Waals surface area contributed by atoms with Gasteiger partial charge in [0.2, 0.25) is 0 Å². The molecule has 0 amide bonds. The minimum absolute atomic E-state index is 0.314. The molecule has 28 heavy (non-hydrogen) atoms. The molecule has 0 spiro atoms. The van der Waals surface area contributed by atoms with E-state index in [0.717, 1.165) is 84.4 Å². The number of hydrogen-bond donors (Lipinski definition) is 2. The maximum atomic E-state index is 5.74. The molecule has 7 nitrogen and oxygen atoms in total. The van der Waals surface area contributed by atoms with Crippen LogP contribution in [-0.2, 0) is 9.47 Å². The quantitative estimate of drug-likeness (QED) is 0.312. The van der Waals surface area contributed by atoms with Crippen LogP contribution in [0.2, 0.25) is 0 Å². The van der Waals surface area contributed by atoms with Crippen LogP contribution in [0.15, 0.2) is 4.99 Å². The predicted octanol–water partition coefficient (Wildman–Crippen LogP) is 1.40. The van der Waals surface area contributed by atoms with Crippen molar-refractivity contribution in [3.8, 4) is 0 Å². The minimum Gasteiger partial charge on any atom is -0.379 e. The minimum atomic E-state index is 0.314. The van der Waals surface area contributed by atoms with Gasteiger partial charge in [-0.1, -0.05) is 13.8 Å². The zero-order chi connectivity index (χ0) is 20.2. The SMILES string of the molecule is CCNC(=NCC(C(C)C)N1CCN(C)CC1)NCCCOCC1CCCO1. The summed E-state index contributed by atoms with van der Waals surface area (Å²) in [5.41, 5.74) is 0. The Balaban J connectivity index is 1.69. The van der Waals surface area contributed by atoms with Crippen LogP contribution in [0.1, 0.15) is 40.0 Å². The second-order valence-corrected chi connectivity index (χ2v) is 8.36. The van der Waals surface area contributed by atoms with Crippen molar-refractivity contribution in [2.45, 2.75) is 52.2 Å². The van der Waals surface area contributed by atoms with Crippen LogP contribution in [0.5, 0.6) is 0 Å². The molecule has 2 aliphatic heterocycles. The highest BCUT2D eigenvalue weighted by Crippen LogP contribution is 2.14. The third-order valence-electron chi connectivity index (χ3n) is 5.64. The molecule has 0 bridgehead atoms. The van der Waals surface area contributed by atoms with Crippen LogP contribution >= 0.6 is 0 Å². The second-order valence-electron chi connectivity index (χ2n) is 8.36. The summed E-state index contributed by atoms with van der Waals surface area (Å²) in [6, 6.07) is 0.499. The highest BCUT2D eigenvalue weighted by atomic mass is 16.5. The maximum Gasteiger partial charge on any atom is 0.191 e. The third kappa shape index (κ3) is 8.64. The lowest BCUT2D eigenvalue weighted by Crippen LogP contribution is -2.52. The van der Waals surface area contributed by atoms with Gasteiger partial charge in [-0.2, -0.15) is 0 Å². The molecule has 2 saturated heterocycles. The fourth-order valence-electron chi connectivity index (χ4n) is 3.80. The van der Waals surface area contributed by atoms with Crippen LogP contribution in [0.4, 0.5) is 0 Å². The largest absolute Gasteiger partial charge is 0.379 e. The Labute approximate surface area is 172 Å². The van der Waals surface area contributed by atoms with Gasteiger partial charge in [-0.15, -0.1) is 0 Å². The molecule has 2 N–H and O–H groups in total. The molecule has 0 saturated carbocycles. The number of piperazine rings is 1. The van der Waals surface area contributed by atoms with Gasteiger partial charge in [0.15, 0.2) is 5.96 Å². The average Bonchev–Trinajstić information content (AvgIpc) is 3.19. The number of hydrogen-bond acceptors (Lipinski definition) is 5. The Morgan fingerprint density at radius 2 is 2.00 bits per heavy atom. The Bertz CT molecular complexity index is 433. The van der Waals surface area contributed by atoms with E-state index < -0.39 is 0 Å². The molecular formula is C21H43N5O2. The predicted molar refractivity (Wildman–Crippen MR) is 116 cm³/mol. The fraction of sp³-hybridized carbons (Fsp3) is 0.952. The summed E-state index contributed by atoms with van der Waals surface area (Å²) in [4.78, 5) is 9.90. The van der Waals surface area contributed by atoms with E-state index >= 15 is 0 Å². The highest BCUT2D eigenvalue weighted by Gasteiger charge is 2.24. The number of nitrogens with zero attached hydrogens (tertiary/aromatic N) is 3. The third-order valence-corrected chi connectivity index (χ3v) is 5.64.